The third kappa shape index (κ3) is 3.05. The van der Waals surface area contributed by atoms with Gasteiger partial charge in [-0.2, -0.15) is 0 Å². The summed E-state index contributed by atoms with van der Waals surface area (Å²) < 4.78 is 11.3. The first kappa shape index (κ1) is 14.7. The molecule has 1 N–H and O–H groups in total. The summed E-state index contributed by atoms with van der Waals surface area (Å²) in [5.74, 6) is 1.07. The molecule has 0 spiro atoms. The molecule has 1 unspecified atom stereocenters. The highest BCUT2D eigenvalue weighted by Crippen LogP contribution is 2.39. The van der Waals surface area contributed by atoms with E-state index in [2.05, 4.69) is 15.9 Å². The van der Waals surface area contributed by atoms with Gasteiger partial charge >= 0.3 is 0 Å². The normalized spacial score (nSPS) is 12.3. The molecule has 1 heterocycles. The lowest BCUT2D eigenvalue weighted by atomic mass is 10.0. The predicted octanol–water partition coefficient (Wildman–Crippen LogP) is 4.26. The van der Waals surface area contributed by atoms with Gasteiger partial charge < -0.3 is 14.6 Å². The average Bonchev–Trinajstić information content (AvgIpc) is 2.84. The largest absolute Gasteiger partial charge is 0.493 e. The molecule has 102 valence electrons. The Balaban J connectivity index is 2.44. The molecule has 0 aliphatic carbocycles. The zero-order chi connectivity index (χ0) is 14.0. The quantitative estimate of drug-likeness (QED) is 0.882. The van der Waals surface area contributed by atoms with E-state index >= 15 is 0 Å². The van der Waals surface area contributed by atoms with Gasteiger partial charge in [0.1, 0.15) is 6.10 Å². The monoisotopic (exact) mass is 362 g/mol. The number of aliphatic hydroxyl groups excluding tert-OH is 1. The third-order valence-corrected chi connectivity index (χ3v) is 4.55. The molecule has 0 aliphatic heterocycles. The van der Waals surface area contributed by atoms with Crippen LogP contribution in [0.4, 0.5) is 0 Å². The highest BCUT2D eigenvalue weighted by Gasteiger charge is 2.18. The lowest BCUT2D eigenvalue weighted by Gasteiger charge is -2.15. The Bertz CT molecular complexity index is 585. The second kappa shape index (κ2) is 6.13. The maximum Gasteiger partial charge on any atom is 0.162 e. The number of ether oxygens (including phenoxy) is 2. The van der Waals surface area contributed by atoms with E-state index in [1.54, 1.807) is 26.4 Å². The molecule has 0 amide bonds. The molecule has 0 aliphatic rings. The standard InChI is InChI=1S/C13H12BrClO3S/c1-17-10-4-8(9(15)5-11(10)18-2)13(16)7-3-12(14)19-6-7/h3-6,13,16H,1-2H3. The fourth-order valence-corrected chi connectivity index (χ4v) is 3.18. The van der Waals surface area contributed by atoms with Gasteiger partial charge in [-0.25, -0.2) is 0 Å². The Morgan fingerprint density at radius 3 is 2.37 bits per heavy atom. The summed E-state index contributed by atoms with van der Waals surface area (Å²) in [6, 6.07) is 5.19. The van der Waals surface area contributed by atoms with E-state index in [1.807, 2.05) is 11.4 Å². The number of thiophene rings is 1. The molecule has 1 aromatic carbocycles. The smallest absolute Gasteiger partial charge is 0.162 e. The highest BCUT2D eigenvalue weighted by atomic mass is 79.9. The molecule has 2 rings (SSSR count). The van der Waals surface area contributed by atoms with Gasteiger partial charge in [0.05, 0.1) is 23.0 Å². The predicted molar refractivity (Wildman–Crippen MR) is 80.6 cm³/mol. The van der Waals surface area contributed by atoms with Crippen molar-refractivity contribution in [3.8, 4) is 11.5 Å². The van der Waals surface area contributed by atoms with Crippen LogP contribution < -0.4 is 9.47 Å². The van der Waals surface area contributed by atoms with Crippen LogP contribution in [0.15, 0.2) is 27.4 Å². The first-order valence-corrected chi connectivity index (χ1v) is 7.45. The van der Waals surface area contributed by atoms with Crippen LogP contribution >= 0.6 is 38.9 Å². The Labute approximate surface area is 128 Å². The van der Waals surface area contributed by atoms with E-state index in [1.165, 1.54) is 11.3 Å². The number of halogens is 2. The number of methoxy groups -OCH3 is 2. The Morgan fingerprint density at radius 2 is 1.84 bits per heavy atom. The van der Waals surface area contributed by atoms with Gasteiger partial charge in [-0.3, -0.25) is 0 Å². The Morgan fingerprint density at radius 1 is 1.21 bits per heavy atom. The van der Waals surface area contributed by atoms with Gasteiger partial charge in [-0.15, -0.1) is 11.3 Å². The first-order valence-electron chi connectivity index (χ1n) is 5.40. The fourth-order valence-electron chi connectivity index (χ4n) is 1.73. The van der Waals surface area contributed by atoms with Crippen LogP contribution in [0, 0.1) is 0 Å². The topological polar surface area (TPSA) is 38.7 Å². The molecule has 6 heteroatoms. The minimum Gasteiger partial charge on any atom is -0.493 e. The minimum atomic E-state index is -0.796. The number of hydrogen-bond donors (Lipinski definition) is 1. The lowest BCUT2D eigenvalue weighted by Crippen LogP contribution is -2.01. The Hall–Kier alpha value is -0.750. The molecule has 0 saturated carbocycles. The number of benzene rings is 1. The summed E-state index contributed by atoms with van der Waals surface area (Å²) in [7, 11) is 3.09. The summed E-state index contributed by atoms with van der Waals surface area (Å²) in [5.41, 5.74) is 1.37. The van der Waals surface area contributed by atoms with Crippen molar-refractivity contribution in [3.05, 3.63) is 43.5 Å². The summed E-state index contributed by atoms with van der Waals surface area (Å²) in [5, 5.41) is 12.7. The zero-order valence-corrected chi connectivity index (χ0v) is 13.5. The van der Waals surface area contributed by atoms with Crippen LogP contribution in [-0.2, 0) is 0 Å². The number of aliphatic hydroxyl groups is 1. The highest BCUT2D eigenvalue weighted by molar-refractivity contribution is 9.11. The van der Waals surface area contributed by atoms with Gasteiger partial charge in [0.15, 0.2) is 11.5 Å². The van der Waals surface area contributed by atoms with Gasteiger partial charge in [-0.1, -0.05) is 11.6 Å². The number of hydrogen-bond acceptors (Lipinski definition) is 4. The van der Waals surface area contributed by atoms with Crippen LogP contribution in [0.5, 0.6) is 11.5 Å². The van der Waals surface area contributed by atoms with Gasteiger partial charge in [0, 0.05) is 11.6 Å². The molecule has 0 saturated heterocycles. The van der Waals surface area contributed by atoms with Crippen molar-refractivity contribution >= 4 is 38.9 Å². The van der Waals surface area contributed by atoms with Crippen molar-refractivity contribution in [1.82, 2.24) is 0 Å². The second-order valence-corrected chi connectivity index (χ2v) is 6.51. The summed E-state index contributed by atoms with van der Waals surface area (Å²) in [6.07, 6.45) is -0.796. The van der Waals surface area contributed by atoms with E-state index in [4.69, 9.17) is 21.1 Å². The zero-order valence-electron chi connectivity index (χ0n) is 10.3. The minimum absolute atomic E-state index is 0.437. The molecule has 1 atom stereocenters. The molecular weight excluding hydrogens is 352 g/mol. The Kier molecular flexibility index (Phi) is 4.73. The van der Waals surface area contributed by atoms with Crippen molar-refractivity contribution in [2.24, 2.45) is 0 Å². The molecular formula is C13H12BrClO3S. The van der Waals surface area contributed by atoms with Crippen molar-refractivity contribution in [3.63, 3.8) is 0 Å². The third-order valence-electron chi connectivity index (χ3n) is 2.70. The maximum absolute atomic E-state index is 10.4. The van der Waals surface area contributed by atoms with Crippen LogP contribution in [0.3, 0.4) is 0 Å². The first-order chi connectivity index (χ1) is 9.06. The average molecular weight is 364 g/mol. The molecule has 1 aromatic heterocycles. The second-order valence-electron chi connectivity index (χ2n) is 3.82. The van der Waals surface area contributed by atoms with Gasteiger partial charge in [-0.05, 0) is 39.0 Å². The summed E-state index contributed by atoms with van der Waals surface area (Å²) >= 11 is 11.1. The van der Waals surface area contributed by atoms with Gasteiger partial charge in [0.25, 0.3) is 0 Å². The fraction of sp³-hybridized carbons (Fsp3) is 0.231. The maximum atomic E-state index is 10.4. The molecule has 0 radical (unpaired) electrons. The van der Waals surface area contributed by atoms with Crippen molar-refractivity contribution in [2.45, 2.75) is 6.10 Å². The van der Waals surface area contributed by atoms with E-state index in [0.29, 0.717) is 22.1 Å². The molecule has 3 nitrogen and oxygen atoms in total. The van der Waals surface area contributed by atoms with Crippen molar-refractivity contribution in [2.75, 3.05) is 14.2 Å². The lowest BCUT2D eigenvalue weighted by molar-refractivity contribution is 0.220. The van der Waals surface area contributed by atoms with E-state index in [-0.39, 0.29) is 0 Å². The SMILES string of the molecule is COc1cc(Cl)c(C(O)c2csc(Br)c2)cc1OC. The van der Waals surface area contributed by atoms with E-state index in [0.717, 1.165) is 9.35 Å². The van der Waals surface area contributed by atoms with E-state index < -0.39 is 6.10 Å². The molecule has 2 aromatic rings. The van der Waals surface area contributed by atoms with Crippen LogP contribution in [0.2, 0.25) is 5.02 Å². The summed E-state index contributed by atoms with van der Waals surface area (Å²) in [4.78, 5) is 0. The van der Waals surface area contributed by atoms with Crippen LogP contribution in [-0.4, -0.2) is 19.3 Å². The van der Waals surface area contributed by atoms with Crippen LogP contribution in [0.25, 0.3) is 0 Å². The van der Waals surface area contributed by atoms with Crippen molar-refractivity contribution < 1.29 is 14.6 Å². The summed E-state index contributed by atoms with van der Waals surface area (Å²) in [6.45, 7) is 0. The van der Waals surface area contributed by atoms with Crippen LogP contribution in [0.1, 0.15) is 17.2 Å². The number of rotatable bonds is 4. The van der Waals surface area contributed by atoms with Gasteiger partial charge in [0.2, 0.25) is 0 Å². The van der Waals surface area contributed by atoms with Crippen molar-refractivity contribution in [1.29, 1.82) is 0 Å². The molecule has 0 fully saturated rings. The van der Waals surface area contributed by atoms with E-state index in [9.17, 15) is 5.11 Å². The molecule has 0 bridgehead atoms. The molecule has 19 heavy (non-hydrogen) atoms.